The van der Waals surface area contributed by atoms with Crippen molar-refractivity contribution >= 4 is 55.3 Å². The first-order valence-electron chi connectivity index (χ1n) is 8.87. The van der Waals surface area contributed by atoms with Crippen LogP contribution in [0.4, 0.5) is 5.13 Å². The Balaban J connectivity index is 1.43. The van der Waals surface area contributed by atoms with Crippen LogP contribution in [0.15, 0.2) is 46.0 Å². The number of nitrogens with one attached hydrogen (secondary N) is 1. The predicted molar refractivity (Wildman–Crippen MR) is 115 cm³/mol. The van der Waals surface area contributed by atoms with E-state index in [0.29, 0.717) is 38.8 Å². The summed E-state index contributed by atoms with van der Waals surface area (Å²) in [7, 11) is -3.56. The summed E-state index contributed by atoms with van der Waals surface area (Å²) in [4.78, 5) is 12.7. The second-order valence-electron chi connectivity index (χ2n) is 6.54. The number of carbonyl (C=O) groups is 1. The minimum atomic E-state index is -3.56. The SMILES string of the molecule is O=C(Nc1nnc(-c2ccc(Cl)cc2)s1)[C@H]1CCCN(S(=O)(=O)c2cccs2)C1. The second kappa shape index (κ2) is 8.49. The van der Waals surface area contributed by atoms with Gasteiger partial charge in [-0.2, -0.15) is 4.31 Å². The lowest BCUT2D eigenvalue weighted by Gasteiger charge is -2.30. The number of benzene rings is 1. The summed E-state index contributed by atoms with van der Waals surface area (Å²) in [6, 6.07) is 10.5. The minimum absolute atomic E-state index is 0.162. The van der Waals surface area contributed by atoms with E-state index in [1.807, 2.05) is 12.1 Å². The molecule has 1 N–H and O–H groups in total. The molecule has 0 saturated carbocycles. The Labute approximate surface area is 181 Å². The molecule has 29 heavy (non-hydrogen) atoms. The molecule has 152 valence electrons. The van der Waals surface area contributed by atoms with Gasteiger partial charge in [0.15, 0.2) is 0 Å². The van der Waals surface area contributed by atoms with Crippen LogP contribution in [0.3, 0.4) is 0 Å². The highest BCUT2D eigenvalue weighted by molar-refractivity contribution is 7.91. The topological polar surface area (TPSA) is 92.3 Å². The van der Waals surface area contributed by atoms with Crippen LogP contribution in [0.25, 0.3) is 10.6 Å². The van der Waals surface area contributed by atoms with E-state index in [1.54, 1.807) is 29.6 Å². The van der Waals surface area contributed by atoms with Crippen LogP contribution >= 0.6 is 34.3 Å². The first kappa shape index (κ1) is 20.4. The number of rotatable bonds is 5. The van der Waals surface area contributed by atoms with Crippen LogP contribution in [-0.2, 0) is 14.8 Å². The minimum Gasteiger partial charge on any atom is -0.300 e. The van der Waals surface area contributed by atoms with Crippen molar-refractivity contribution < 1.29 is 13.2 Å². The lowest BCUT2D eigenvalue weighted by atomic mass is 9.99. The van der Waals surface area contributed by atoms with Crippen molar-refractivity contribution in [1.29, 1.82) is 0 Å². The second-order valence-corrected chi connectivity index (χ2v) is 11.1. The van der Waals surface area contributed by atoms with E-state index in [2.05, 4.69) is 15.5 Å². The molecule has 1 aliphatic heterocycles. The molecule has 0 aliphatic carbocycles. The van der Waals surface area contributed by atoms with Gasteiger partial charge in [-0.3, -0.25) is 4.79 Å². The smallest absolute Gasteiger partial charge is 0.252 e. The van der Waals surface area contributed by atoms with Crippen LogP contribution in [0.2, 0.25) is 5.02 Å². The molecular weight excluding hydrogens is 452 g/mol. The van der Waals surface area contributed by atoms with Crippen molar-refractivity contribution in [2.75, 3.05) is 18.4 Å². The van der Waals surface area contributed by atoms with Gasteiger partial charge in [0.1, 0.15) is 9.22 Å². The number of sulfonamides is 1. The molecule has 0 bridgehead atoms. The lowest BCUT2D eigenvalue weighted by Crippen LogP contribution is -2.43. The number of amides is 1. The Bertz CT molecular complexity index is 1100. The number of anilines is 1. The maximum atomic E-state index is 12.7. The molecular formula is C18H17ClN4O3S3. The normalized spacial score (nSPS) is 17.9. The molecule has 7 nitrogen and oxygen atoms in total. The number of aromatic nitrogens is 2. The van der Waals surface area contributed by atoms with Gasteiger partial charge < -0.3 is 5.32 Å². The summed E-state index contributed by atoms with van der Waals surface area (Å²) in [6.07, 6.45) is 1.26. The maximum Gasteiger partial charge on any atom is 0.252 e. The van der Waals surface area contributed by atoms with Gasteiger partial charge in [-0.25, -0.2) is 8.42 Å². The first-order chi connectivity index (χ1) is 13.9. The van der Waals surface area contributed by atoms with E-state index < -0.39 is 15.9 Å². The quantitative estimate of drug-likeness (QED) is 0.611. The molecule has 2 aromatic heterocycles. The van der Waals surface area contributed by atoms with Crippen LogP contribution in [-0.4, -0.2) is 41.9 Å². The summed E-state index contributed by atoms with van der Waals surface area (Å²) >= 11 is 8.34. The zero-order valence-electron chi connectivity index (χ0n) is 15.1. The molecule has 1 aromatic carbocycles. The fraction of sp³-hybridized carbons (Fsp3) is 0.278. The van der Waals surface area contributed by atoms with E-state index in [4.69, 9.17) is 11.6 Å². The highest BCUT2D eigenvalue weighted by Crippen LogP contribution is 2.29. The molecule has 1 fully saturated rings. The molecule has 0 spiro atoms. The summed E-state index contributed by atoms with van der Waals surface area (Å²) in [5, 5.41) is 14.3. The van der Waals surface area contributed by atoms with Crippen molar-refractivity contribution in [2.24, 2.45) is 5.92 Å². The van der Waals surface area contributed by atoms with Crippen LogP contribution < -0.4 is 5.32 Å². The molecule has 0 unspecified atom stereocenters. The van der Waals surface area contributed by atoms with Crippen molar-refractivity contribution in [2.45, 2.75) is 17.1 Å². The van der Waals surface area contributed by atoms with Gasteiger partial charge in [-0.15, -0.1) is 21.5 Å². The number of piperidine rings is 1. The number of thiophene rings is 1. The lowest BCUT2D eigenvalue weighted by molar-refractivity contribution is -0.120. The monoisotopic (exact) mass is 468 g/mol. The molecule has 1 amide bonds. The molecule has 11 heteroatoms. The Morgan fingerprint density at radius 1 is 1.21 bits per heavy atom. The molecule has 3 heterocycles. The highest BCUT2D eigenvalue weighted by atomic mass is 35.5. The van der Waals surface area contributed by atoms with Gasteiger partial charge in [0.05, 0.1) is 5.92 Å². The van der Waals surface area contributed by atoms with E-state index in [0.717, 1.165) is 5.56 Å². The zero-order chi connectivity index (χ0) is 20.4. The molecule has 4 rings (SSSR count). The predicted octanol–water partition coefficient (Wildman–Crippen LogP) is 3.96. The third kappa shape index (κ3) is 4.51. The van der Waals surface area contributed by atoms with Gasteiger partial charge in [-0.1, -0.05) is 41.1 Å². The van der Waals surface area contributed by atoms with Crippen molar-refractivity contribution in [3.05, 3.63) is 46.8 Å². The third-order valence-corrected chi connectivity index (χ3v) is 8.97. The summed E-state index contributed by atoms with van der Waals surface area (Å²) in [5.74, 6) is -0.670. The van der Waals surface area contributed by atoms with Crippen molar-refractivity contribution in [3.63, 3.8) is 0 Å². The Kier molecular flexibility index (Phi) is 5.98. The number of nitrogens with zero attached hydrogens (tertiary/aromatic N) is 3. The van der Waals surface area contributed by atoms with E-state index in [-0.39, 0.29) is 12.5 Å². The zero-order valence-corrected chi connectivity index (χ0v) is 18.3. The average molecular weight is 469 g/mol. The third-order valence-electron chi connectivity index (χ3n) is 4.59. The molecule has 1 saturated heterocycles. The van der Waals surface area contributed by atoms with Gasteiger partial charge in [0.25, 0.3) is 10.0 Å². The van der Waals surface area contributed by atoms with Gasteiger partial charge >= 0.3 is 0 Å². The van der Waals surface area contributed by atoms with Crippen molar-refractivity contribution in [3.8, 4) is 10.6 Å². The number of carbonyl (C=O) groups excluding carboxylic acids is 1. The Morgan fingerprint density at radius 2 is 2.00 bits per heavy atom. The molecule has 3 aromatic rings. The Hall–Kier alpha value is -1.85. The molecule has 1 atom stereocenters. The van der Waals surface area contributed by atoms with Crippen LogP contribution in [0.5, 0.6) is 0 Å². The number of hydrogen-bond acceptors (Lipinski definition) is 7. The fourth-order valence-electron chi connectivity index (χ4n) is 3.10. The fourth-order valence-corrected chi connectivity index (χ4v) is 6.65. The molecule has 1 aliphatic rings. The Morgan fingerprint density at radius 3 is 2.72 bits per heavy atom. The summed E-state index contributed by atoms with van der Waals surface area (Å²) in [5.41, 5.74) is 0.860. The van der Waals surface area contributed by atoms with Crippen LogP contribution in [0.1, 0.15) is 12.8 Å². The van der Waals surface area contributed by atoms with E-state index in [1.165, 1.54) is 27.0 Å². The van der Waals surface area contributed by atoms with Gasteiger partial charge in [-0.05, 0) is 36.4 Å². The first-order valence-corrected chi connectivity index (χ1v) is 12.4. The van der Waals surface area contributed by atoms with E-state index >= 15 is 0 Å². The van der Waals surface area contributed by atoms with Crippen LogP contribution in [0, 0.1) is 5.92 Å². The standard InChI is InChI=1S/C18H17ClN4O3S3/c19-14-7-5-12(6-8-14)17-21-22-18(28-17)20-16(24)13-3-1-9-23(11-13)29(25,26)15-4-2-10-27-15/h2,4-8,10,13H,1,3,9,11H2,(H,20,22,24)/t13-/m0/s1. The highest BCUT2D eigenvalue weighted by Gasteiger charge is 2.34. The number of hydrogen-bond donors (Lipinski definition) is 1. The van der Waals surface area contributed by atoms with Gasteiger partial charge in [0, 0.05) is 23.7 Å². The largest absolute Gasteiger partial charge is 0.300 e. The number of halogens is 1. The van der Waals surface area contributed by atoms with Gasteiger partial charge in [0.2, 0.25) is 11.0 Å². The average Bonchev–Trinajstić information content (AvgIpc) is 3.41. The van der Waals surface area contributed by atoms with Crippen molar-refractivity contribution in [1.82, 2.24) is 14.5 Å². The summed E-state index contributed by atoms with van der Waals surface area (Å²) < 4.78 is 27.2. The molecule has 0 radical (unpaired) electrons. The maximum absolute atomic E-state index is 12.7. The summed E-state index contributed by atoms with van der Waals surface area (Å²) in [6.45, 7) is 0.582. The van der Waals surface area contributed by atoms with E-state index in [9.17, 15) is 13.2 Å².